The molecule has 1 N–H and O–H groups in total. The Kier molecular flexibility index (Phi) is 4.50. The van der Waals surface area contributed by atoms with Crippen molar-refractivity contribution in [1.82, 2.24) is 9.97 Å². The van der Waals surface area contributed by atoms with Crippen LogP contribution in [0, 0.1) is 11.3 Å². The van der Waals surface area contributed by atoms with Gasteiger partial charge in [-0.05, 0) is 18.2 Å². The SMILES string of the molecule is CC(C)(C)c1nc(Cl)cc(Nc2cc(Br)ccc2C#N)n1. The summed E-state index contributed by atoms with van der Waals surface area (Å²) < 4.78 is 0.875. The quantitative estimate of drug-likeness (QED) is 0.776. The molecule has 0 bridgehead atoms. The summed E-state index contributed by atoms with van der Waals surface area (Å²) >= 11 is 9.45. The number of halogens is 2. The molecule has 2 aromatic rings. The molecule has 0 spiro atoms. The maximum Gasteiger partial charge on any atom is 0.137 e. The fourth-order valence-electron chi connectivity index (χ4n) is 1.67. The molecule has 0 amide bonds. The molecule has 6 heteroatoms. The summed E-state index contributed by atoms with van der Waals surface area (Å²) in [5.41, 5.74) is 0.989. The van der Waals surface area contributed by atoms with Gasteiger partial charge in [-0.1, -0.05) is 48.3 Å². The van der Waals surface area contributed by atoms with Crippen molar-refractivity contribution in [2.45, 2.75) is 26.2 Å². The zero-order valence-corrected chi connectivity index (χ0v) is 14.2. The van der Waals surface area contributed by atoms with E-state index in [1.165, 1.54) is 0 Å². The van der Waals surface area contributed by atoms with Gasteiger partial charge >= 0.3 is 0 Å². The van der Waals surface area contributed by atoms with E-state index in [2.05, 4.69) is 37.3 Å². The van der Waals surface area contributed by atoms with E-state index in [1.54, 1.807) is 12.1 Å². The maximum atomic E-state index is 9.16. The summed E-state index contributed by atoms with van der Waals surface area (Å²) in [4.78, 5) is 8.72. The van der Waals surface area contributed by atoms with Crippen molar-refractivity contribution in [3.8, 4) is 6.07 Å². The van der Waals surface area contributed by atoms with Crippen LogP contribution in [0.4, 0.5) is 11.5 Å². The van der Waals surface area contributed by atoms with Gasteiger partial charge in [-0.15, -0.1) is 0 Å². The predicted molar refractivity (Wildman–Crippen MR) is 87.9 cm³/mol. The highest BCUT2D eigenvalue weighted by Crippen LogP contribution is 2.27. The Morgan fingerprint density at radius 1 is 1.24 bits per heavy atom. The molecule has 1 aromatic carbocycles. The van der Waals surface area contributed by atoms with Gasteiger partial charge in [0, 0.05) is 16.0 Å². The number of anilines is 2. The summed E-state index contributed by atoms with van der Waals surface area (Å²) in [6.07, 6.45) is 0. The molecule has 0 atom stereocenters. The highest BCUT2D eigenvalue weighted by atomic mass is 79.9. The number of hydrogen-bond donors (Lipinski definition) is 1. The van der Waals surface area contributed by atoms with Gasteiger partial charge in [-0.2, -0.15) is 5.26 Å². The van der Waals surface area contributed by atoms with Crippen molar-refractivity contribution in [3.05, 3.63) is 45.3 Å². The Bertz CT molecular complexity index is 717. The number of aromatic nitrogens is 2. The second-order valence-corrected chi connectivity index (χ2v) is 6.88. The summed E-state index contributed by atoms with van der Waals surface area (Å²) in [6.45, 7) is 6.05. The van der Waals surface area contributed by atoms with Crippen molar-refractivity contribution in [2.75, 3.05) is 5.32 Å². The lowest BCUT2D eigenvalue weighted by Gasteiger charge is -2.18. The topological polar surface area (TPSA) is 61.6 Å². The predicted octanol–water partition coefficient (Wildman–Crippen LogP) is 4.81. The van der Waals surface area contributed by atoms with Crippen molar-refractivity contribution in [2.24, 2.45) is 0 Å². The summed E-state index contributed by atoms with van der Waals surface area (Å²) in [5.74, 6) is 1.21. The van der Waals surface area contributed by atoms with Crippen LogP contribution in [0.2, 0.25) is 5.15 Å². The van der Waals surface area contributed by atoms with E-state index in [0.717, 1.165) is 4.47 Å². The first-order valence-corrected chi connectivity index (χ1v) is 7.48. The molecular formula is C15H14BrClN4. The van der Waals surface area contributed by atoms with Crippen molar-refractivity contribution in [3.63, 3.8) is 0 Å². The zero-order valence-electron chi connectivity index (χ0n) is 11.9. The minimum Gasteiger partial charge on any atom is -0.339 e. The summed E-state index contributed by atoms with van der Waals surface area (Å²) in [7, 11) is 0. The van der Waals surface area contributed by atoms with E-state index in [4.69, 9.17) is 16.9 Å². The number of benzene rings is 1. The second kappa shape index (κ2) is 6.00. The molecular weight excluding hydrogens is 352 g/mol. The van der Waals surface area contributed by atoms with Crippen LogP contribution in [0.1, 0.15) is 32.2 Å². The average molecular weight is 366 g/mol. The molecule has 0 fully saturated rings. The van der Waals surface area contributed by atoms with E-state index >= 15 is 0 Å². The molecule has 108 valence electrons. The molecule has 1 heterocycles. The van der Waals surface area contributed by atoms with Crippen LogP contribution in [0.5, 0.6) is 0 Å². The number of hydrogen-bond acceptors (Lipinski definition) is 4. The maximum absolute atomic E-state index is 9.16. The molecule has 2 rings (SSSR count). The smallest absolute Gasteiger partial charge is 0.137 e. The average Bonchev–Trinajstić information content (AvgIpc) is 2.37. The van der Waals surface area contributed by atoms with Crippen LogP contribution >= 0.6 is 27.5 Å². The highest BCUT2D eigenvalue weighted by Gasteiger charge is 2.19. The molecule has 21 heavy (non-hydrogen) atoms. The first-order valence-electron chi connectivity index (χ1n) is 6.31. The normalized spacial score (nSPS) is 11.0. The van der Waals surface area contributed by atoms with E-state index in [-0.39, 0.29) is 5.41 Å². The Labute approximate surface area is 137 Å². The van der Waals surface area contributed by atoms with Crippen LogP contribution in [0.3, 0.4) is 0 Å². The zero-order chi connectivity index (χ0) is 15.6. The molecule has 0 saturated carbocycles. The molecule has 0 aliphatic carbocycles. The first kappa shape index (κ1) is 15.7. The third-order valence-electron chi connectivity index (χ3n) is 2.73. The van der Waals surface area contributed by atoms with Crippen LogP contribution in [0.25, 0.3) is 0 Å². The molecule has 1 aromatic heterocycles. The summed E-state index contributed by atoms with van der Waals surface area (Å²) in [6, 6.07) is 9.16. The van der Waals surface area contributed by atoms with Crippen LogP contribution in [-0.2, 0) is 5.41 Å². The molecule has 0 aliphatic rings. The lowest BCUT2D eigenvalue weighted by Crippen LogP contribution is -2.16. The largest absolute Gasteiger partial charge is 0.339 e. The van der Waals surface area contributed by atoms with Crippen molar-refractivity contribution >= 4 is 39.0 Å². The van der Waals surface area contributed by atoms with E-state index in [1.807, 2.05) is 32.9 Å². The van der Waals surface area contributed by atoms with Gasteiger partial charge in [0.15, 0.2) is 0 Å². The third-order valence-corrected chi connectivity index (χ3v) is 3.42. The summed E-state index contributed by atoms with van der Waals surface area (Å²) in [5, 5.41) is 12.7. The van der Waals surface area contributed by atoms with Crippen LogP contribution in [0.15, 0.2) is 28.7 Å². The van der Waals surface area contributed by atoms with Gasteiger partial charge < -0.3 is 5.32 Å². The van der Waals surface area contributed by atoms with Gasteiger partial charge in [-0.3, -0.25) is 0 Å². The van der Waals surface area contributed by atoms with E-state index in [0.29, 0.717) is 28.0 Å². The van der Waals surface area contributed by atoms with E-state index < -0.39 is 0 Å². The Morgan fingerprint density at radius 3 is 2.57 bits per heavy atom. The standard InChI is InChI=1S/C15H14BrClN4/c1-15(2,3)14-20-12(17)7-13(21-14)19-11-6-10(16)5-4-9(11)8-18/h4-7H,1-3H3,(H,19,20,21). The monoisotopic (exact) mass is 364 g/mol. The van der Waals surface area contributed by atoms with Gasteiger partial charge in [0.25, 0.3) is 0 Å². The van der Waals surface area contributed by atoms with Crippen molar-refractivity contribution in [1.29, 1.82) is 5.26 Å². The van der Waals surface area contributed by atoms with Crippen molar-refractivity contribution < 1.29 is 0 Å². The minimum absolute atomic E-state index is 0.212. The number of nitrogens with one attached hydrogen (secondary N) is 1. The lowest BCUT2D eigenvalue weighted by molar-refractivity contribution is 0.546. The molecule has 0 saturated heterocycles. The first-order chi connectivity index (χ1) is 9.79. The fraction of sp³-hybridized carbons (Fsp3) is 0.267. The number of nitrogens with zero attached hydrogens (tertiary/aromatic N) is 3. The van der Waals surface area contributed by atoms with Gasteiger partial charge in [0.1, 0.15) is 22.9 Å². The van der Waals surface area contributed by atoms with Crippen LogP contribution in [-0.4, -0.2) is 9.97 Å². The fourth-order valence-corrected chi connectivity index (χ4v) is 2.22. The Morgan fingerprint density at radius 2 is 1.95 bits per heavy atom. The molecule has 4 nitrogen and oxygen atoms in total. The second-order valence-electron chi connectivity index (χ2n) is 5.58. The van der Waals surface area contributed by atoms with Crippen LogP contribution < -0.4 is 5.32 Å². The third kappa shape index (κ3) is 3.93. The van der Waals surface area contributed by atoms with Gasteiger partial charge in [0.05, 0.1) is 11.3 Å². The lowest BCUT2D eigenvalue weighted by atomic mass is 9.96. The van der Waals surface area contributed by atoms with Gasteiger partial charge in [0.2, 0.25) is 0 Å². The Balaban J connectivity index is 2.43. The Hall–Kier alpha value is -1.64. The molecule has 0 aliphatic heterocycles. The highest BCUT2D eigenvalue weighted by molar-refractivity contribution is 9.10. The van der Waals surface area contributed by atoms with E-state index in [9.17, 15) is 0 Å². The number of rotatable bonds is 2. The number of nitriles is 1. The molecule has 0 unspecified atom stereocenters. The molecule has 0 radical (unpaired) electrons. The van der Waals surface area contributed by atoms with Gasteiger partial charge in [-0.25, -0.2) is 9.97 Å². The minimum atomic E-state index is -0.212.